The third kappa shape index (κ3) is 3.70. The number of anilines is 1. The molecule has 30 heavy (non-hydrogen) atoms. The minimum Gasteiger partial charge on any atom is -0.383 e. The Morgan fingerprint density at radius 1 is 1.20 bits per heavy atom. The summed E-state index contributed by atoms with van der Waals surface area (Å²) in [6.07, 6.45) is 4.73. The van der Waals surface area contributed by atoms with Gasteiger partial charge in [-0.15, -0.1) is 0 Å². The topological polar surface area (TPSA) is 99.0 Å². The van der Waals surface area contributed by atoms with Gasteiger partial charge in [0, 0.05) is 31.4 Å². The molecule has 1 aromatic carbocycles. The van der Waals surface area contributed by atoms with Crippen LogP contribution in [-0.4, -0.2) is 48.7 Å². The number of nitrogens with two attached hydrogens (primary N) is 1. The number of hydrogen-bond acceptors (Lipinski definition) is 5. The maximum Gasteiger partial charge on any atom is 0.225 e. The smallest absolute Gasteiger partial charge is 0.225 e. The number of likely N-dealkylation sites (tertiary alicyclic amines) is 1. The minimum atomic E-state index is -0.551. The number of nitrogens with zero attached hydrogens (tertiary/aromatic N) is 5. The van der Waals surface area contributed by atoms with E-state index in [1.165, 1.54) is 35.1 Å². The number of ketones is 1. The Kier molecular flexibility index (Phi) is 5.35. The van der Waals surface area contributed by atoms with Crippen LogP contribution in [-0.2, 0) is 11.3 Å². The third-order valence-corrected chi connectivity index (χ3v) is 5.49. The van der Waals surface area contributed by atoms with E-state index in [0.29, 0.717) is 25.2 Å². The van der Waals surface area contributed by atoms with Gasteiger partial charge in [-0.25, -0.2) is 9.07 Å². The lowest BCUT2D eigenvalue weighted by atomic mass is 10.0. The van der Waals surface area contributed by atoms with E-state index in [9.17, 15) is 14.0 Å². The fourth-order valence-corrected chi connectivity index (χ4v) is 3.83. The van der Waals surface area contributed by atoms with Crippen LogP contribution >= 0.6 is 0 Å². The minimum absolute atomic E-state index is 0.0785. The molecule has 0 spiro atoms. The number of carbonyl (C=O) groups is 2. The molecule has 1 aliphatic rings. The molecule has 3 heterocycles. The van der Waals surface area contributed by atoms with Gasteiger partial charge in [-0.2, -0.15) is 10.2 Å². The molecule has 2 N–H and O–H groups in total. The summed E-state index contributed by atoms with van der Waals surface area (Å²) in [6, 6.07) is 7.01. The van der Waals surface area contributed by atoms with Crippen LogP contribution in [0.2, 0.25) is 0 Å². The van der Waals surface area contributed by atoms with Crippen molar-refractivity contribution in [2.75, 3.05) is 12.3 Å². The number of rotatable bonds is 6. The van der Waals surface area contributed by atoms with E-state index >= 15 is 0 Å². The van der Waals surface area contributed by atoms with Crippen molar-refractivity contribution in [2.45, 2.75) is 38.8 Å². The van der Waals surface area contributed by atoms with Crippen molar-refractivity contribution in [1.82, 2.24) is 24.5 Å². The Morgan fingerprint density at radius 2 is 1.97 bits per heavy atom. The Balaban J connectivity index is 1.49. The molecular formula is C21H23FN6O2. The highest BCUT2D eigenvalue weighted by atomic mass is 19.1. The van der Waals surface area contributed by atoms with Gasteiger partial charge in [0.2, 0.25) is 5.91 Å². The summed E-state index contributed by atoms with van der Waals surface area (Å²) in [5.74, 6) is -0.489. The lowest BCUT2D eigenvalue weighted by Gasteiger charge is -2.23. The van der Waals surface area contributed by atoms with Gasteiger partial charge in [0.15, 0.2) is 5.78 Å². The SMILES string of the molecule is Cc1ccnn1CCC(=O)N1CCC[C@@H]1C(=O)c1cnn(-c2ccc(F)cc2)c1N. The number of halogens is 1. The number of amides is 1. The first kappa shape index (κ1) is 19.8. The van der Waals surface area contributed by atoms with Crippen LogP contribution in [0.15, 0.2) is 42.7 Å². The van der Waals surface area contributed by atoms with Crippen LogP contribution in [0.1, 0.15) is 35.3 Å². The van der Waals surface area contributed by atoms with Gasteiger partial charge in [-0.3, -0.25) is 14.3 Å². The number of benzene rings is 1. The van der Waals surface area contributed by atoms with Crippen LogP contribution in [0.4, 0.5) is 10.2 Å². The van der Waals surface area contributed by atoms with E-state index < -0.39 is 6.04 Å². The summed E-state index contributed by atoms with van der Waals surface area (Å²) < 4.78 is 16.3. The Labute approximate surface area is 173 Å². The van der Waals surface area contributed by atoms with Gasteiger partial charge in [0.1, 0.15) is 11.6 Å². The summed E-state index contributed by atoms with van der Waals surface area (Å²) in [5.41, 5.74) is 7.99. The van der Waals surface area contributed by atoms with Gasteiger partial charge >= 0.3 is 0 Å². The largest absolute Gasteiger partial charge is 0.383 e. The predicted octanol–water partition coefficient (Wildman–Crippen LogP) is 2.36. The second-order valence-electron chi connectivity index (χ2n) is 7.39. The van der Waals surface area contributed by atoms with Crippen molar-refractivity contribution >= 4 is 17.5 Å². The fraction of sp³-hybridized carbons (Fsp3) is 0.333. The molecule has 1 fully saturated rings. The molecular weight excluding hydrogens is 387 g/mol. The molecule has 2 aromatic heterocycles. The molecule has 1 amide bonds. The lowest BCUT2D eigenvalue weighted by Crippen LogP contribution is -2.41. The number of Topliss-reactive ketones (excluding diaryl/α,β-unsaturated/α-hetero) is 1. The first-order valence-electron chi connectivity index (χ1n) is 9.87. The van der Waals surface area contributed by atoms with E-state index in [4.69, 9.17) is 5.73 Å². The Hall–Kier alpha value is -3.49. The van der Waals surface area contributed by atoms with E-state index in [0.717, 1.165) is 12.1 Å². The average molecular weight is 410 g/mol. The molecule has 0 saturated carbocycles. The van der Waals surface area contributed by atoms with Gasteiger partial charge < -0.3 is 10.6 Å². The predicted molar refractivity (Wildman–Crippen MR) is 109 cm³/mol. The Morgan fingerprint density at radius 3 is 2.67 bits per heavy atom. The monoisotopic (exact) mass is 410 g/mol. The number of aromatic nitrogens is 4. The fourth-order valence-electron chi connectivity index (χ4n) is 3.83. The molecule has 4 rings (SSSR count). The van der Waals surface area contributed by atoms with Gasteiger partial charge in [0.25, 0.3) is 0 Å². The number of nitrogen functional groups attached to an aromatic ring is 1. The first-order chi connectivity index (χ1) is 14.5. The summed E-state index contributed by atoms with van der Waals surface area (Å²) in [5, 5.41) is 8.38. The maximum absolute atomic E-state index is 13.2. The highest BCUT2D eigenvalue weighted by molar-refractivity contribution is 6.05. The molecule has 0 aliphatic carbocycles. The second kappa shape index (κ2) is 8.10. The zero-order valence-corrected chi connectivity index (χ0v) is 16.7. The van der Waals surface area contributed by atoms with Crippen molar-refractivity contribution < 1.29 is 14.0 Å². The first-order valence-corrected chi connectivity index (χ1v) is 9.87. The molecule has 8 nitrogen and oxygen atoms in total. The van der Waals surface area contributed by atoms with E-state index in [1.807, 2.05) is 13.0 Å². The van der Waals surface area contributed by atoms with Crippen LogP contribution in [0.3, 0.4) is 0 Å². The van der Waals surface area contributed by atoms with Gasteiger partial charge in [-0.05, 0) is 50.1 Å². The van der Waals surface area contributed by atoms with Gasteiger partial charge in [-0.1, -0.05) is 0 Å². The molecule has 1 aliphatic heterocycles. The van der Waals surface area contributed by atoms with E-state index in [-0.39, 0.29) is 35.3 Å². The number of aryl methyl sites for hydroxylation is 2. The zero-order chi connectivity index (χ0) is 21.3. The quantitative estimate of drug-likeness (QED) is 0.629. The van der Waals surface area contributed by atoms with E-state index in [2.05, 4.69) is 10.2 Å². The molecule has 156 valence electrons. The highest BCUT2D eigenvalue weighted by Gasteiger charge is 2.36. The summed E-state index contributed by atoms with van der Waals surface area (Å²) in [4.78, 5) is 27.6. The third-order valence-electron chi connectivity index (χ3n) is 5.49. The average Bonchev–Trinajstić information content (AvgIpc) is 3.46. The van der Waals surface area contributed by atoms with Gasteiger partial charge in [0.05, 0.1) is 23.5 Å². The van der Waals surface area contributed by atoms with Crippen molar-refractivity contribution in [1.29, 1.82) is 0 Å². The normalized spacial score (nSPS) is 16.2. The molecule has 0 radical (unpaired) electrons. The summed E-state index contributed by atoms with van der Waals surface area (Å²) in [7, 11) is 0. The van der Waals surface area contributed by atoms with Crippen LogP contribution in [0.5, 0.6) is 0 Å². The van der Waals surface area contributed by atoms with E-state index in [1.54, 1.807) is 15.8 Å². The Bertz CT molecular complexity index is 1070. The van der Waals surface area contributed by atoms with Crippen LogP contribution in [0.25, 0.3) is 5.69 Å². The summed E-state index contributed by atoms with van der Waals surface area (Å²) in [6.45, 7) is 2.94. The second-order valence-corrected chi connectivity index (χ2v) is 7.39. The molecule has 0 unspecified atom stereocenters. The number of carbonyl (C=O) groups excluding carboxylic acids is 2. The molecule has 1 atom stereocenters. The zero-order valence-electron chi connectivity index (χ0n) is 16.7. The standard InChI is InChI=1S/C21H23FN6O2/c1-14-8-10-24-27(14)12-9-19(29)26-11-2-3-18(26)20(30)17-13-25-28(21(17)23)16-6-4-15(22)5-7-16/h4-8,10,13,18H,2-3,9,11-12,23H2,1H3/t18-/m1/s1. The lowest BCUT2D eigenvalue weighted by molar-refractivity contribution is -0.131. The van der Waals surface area contributed by atoms with Crippen LogP contribution in [0, 0.1) is 12.7 Å². The molecule has 0 bridgehead atoms. The molecule has 1 saturated heterocycles. The molecule has 3 aromatic rings. The maximum atomic E-state index is 13.2. The number of hydrogen-bond donors (Lipinski definition) is 1. The van der Waals surface area contributed by atoms with Crippen LogP contribution < -0.4 is 5.73 Å². The van der Waals surface area contributed by atoms with Crippen molar-refractivity contribution in [2.24, 2.45) is 0 Å². The van der Waals surface area contributed by atoms with Crippen molar-refractivity contribution in [3.8, 4) is 5.69 Å². The highest BCUT2D eigenvalue weighted by Crippen LogP contribution is 2.26. The summed E-state index contributed by atoms with van der Waals surface area (Å²) >= 11 is 0. The molecule has 9 heteroatoms. The van der Waals surface area contributed by atoms with Crippen molar-refractivity contribution in [3.63, 3.8) is 0 Å². The van der Waals surface area contributed by atoms with Crippen molar-refractivity contribution in [3.05, 3.63) is 59.8 Å².